The zero-order valence-electron chi connectivity index (χ0n) is 20.2. The third-order valence-electron chi connectivity index (χ3n) is 5.23. The zero-order chi connectivity index (χ0) is 25.2. The van der Waals surface area contributed by atoms with Crippen LogP contribution in [0.5, 0.6) is 17.2 Å². The first kappa shape index (κ1) is 26.2. The number of halogens is 1. The van der Waals surface area contributed by atoms with Gasteiger partial charge in [0.1, 0.15) is 0 Å². The summed E-state index contributed by atoms with van der Waals surface area (Å²) < 4.78 is 22.3. The lowest BCUT2D eigenvalue weighted by Gasteiger charge is -2.21. The third-order valence-corrected chi connectivity index (χ3v) is 5.72. The van der Waals surface area contributed by atoms with Crippen molar-refractivity contribution in [3.8, 4) is 17.2 Å². The van der Waals surface area contributed by atoms with E-state index >= 15 is 0 Å². The maximum Gasteiger partial charge on any atom is 0.319 e. The highest BCUT2D eigenvalue weighted by atomic mass is 79.9. The van der Waals surface area contributed by atoms with E-state index in [1.807, 2.05) is 60.7 Å². The number of esters is 1. The minimum atomic E-state index is -0.314. The fourth-order valence-corrected chi connectivity index (χ4v) is 4.02. The van der Waals surface area contributed by atoms with Crippen molar-refractivity contribution < 1.29 is 23.7 Å². The zero-order valence-corrected chi connectivity index (χ0v) is 21.8. The van der Waals surface area contributed by atoms with Gasteiger partial charge in [-0.3, -0.25) is 15.1 Å². The van der Waals surface area contributed by atoms with Gasteiger partial charge in [-0.25, -0.2) is 0 Å². The van der Waals surface area contributed by atoms with Gasteiger partial charge in [0, 0.05) is 21.8 Å². The number of hydrogen-bond acceptors (Lipinski definition) is 7. The molecule has 0 unspecified atom stereocenters. The van der Waals surface area contributed by atoms with Gasteiger partial charge in [-0.05, 0) is 42.8 Å². The Labute approximate surface area is 214 Å². The first-order chi connectivity index (χ1) is 17.0. The van der Waals surface area contributed by atoms with Crippen molar-refractivity contribution in [2.24, 2.45) is 4.99 Å². The third kappa shape index (κ3) is 6.83. The predicted octanol–water partition coefficient (Wildman–Crippen LogP) is 5.47. The van der Waals surface area contributed by atoms with Crippen LogP contribution in [0.1, 0.15) is 29.7 Å². The Balaban J connectivity index is 2.02. The van der Waals surface area contributed by atoms with Crippen LogP contribution >= 0.6 is 15.9 Å². The van der Waals surface area contributed by atoms with Gasteiger partial charge in [0.2, 0.25) is 5.75 Å². The molecule has 0 bridgehead atoms. The maximum atomic E-state index is 12.1. The molecule has 184 valence electrons. The highest BCUT2D eigenvalue weighted by molar-refractivity contribution is 9.10. The summed E-state index contributed by atoms with van der Waals surface area (Å²) in [6, 6.07) is 19.1. The minimum absolute atomic E-state index is 0.0654. The van der Waals surface area contributed by atoms with E-state index in [1.54, 1.807) is 34.5 Å². The van der Waals surface area contributed by atoms with Crippen LogP contribution in [0, 0.1) is 0 Å². The molecule has 0 aromatic heterocycles. The van der Waals surface area contributed by atoms with Crippen molar-refractivity contribution in [1.29, 1.82) is 0 Å². The monoisotopic (exact) mass is 540 g/mol. The van der Waals surface area contributed by atoms with E-state index in [9.17, 15) is 4.79 Å². The summed E-state index contributed by atoms with van der Waals surface area (Å²) in [5, 5.41) is 3.33. The first-order valence-corrected chi connectivity index (χ1v) is 11.9. The molecule has 8 heteroatoms. The normalized spacial score (nSPS) is 11.8. The second-order valence-electron chi connectivity index (χ2n) is 7.45. The number of methoxy groups -OCH3 is 3. The Bertz CT molecular complexity index is 1140. The maximum absolute atomic E-state index is 12.1. The van der Waals surface area contributed by atoms with Gasteiger partial charge in [0.15, 0.2) is 11.5 Å². The highest BCUT2D eigenvalue weighted by Gasteiger charge is 2.19. The van der Waals surface area contributed by atoms with Gasteiger partial charge in [0.25, 0.3) is 0 Å². The molecule has 1 N–H and O–H groups in total. The van der Waals surface area contributed by atoms with Gasteiger partial charge in [-0.15, -0.1) is 0 Å². The summed E-state index contributed by atoms with van der Waals surface area (Å²) in [6.07, 6.45) is 1.74. The molecule has 0 spiro atoms. The summed E-state index contributed by atoms with van der Waals surface area (Å²) in [4.78, 5) is 16.9. The van der Waals surface area contributed by atoms with Gasteiger partial charge in [-0.2, -0.15) is 0 Å². The van der Waals surface area contributed by atoms with Crippen LogP contribution in [-0.2, 0) is 9.53 Å². The largest absolute Gasteiger partial charge is 0.493 e. The summed E-state index contributed by atoms with van der Waals surface area (Å²) in [5.74, 6) is 1.29. The molecular formula is C27H29BrN2O5. The SMILES string of the molecule is CCOC(=O)CN[C@@H](c1ccccc1)c1cc(Br)ccc1N=Cc1cc(OC)c(OC)c(OC)c1. The number of nitrogens with zero attached hydrogens (tertiary/aromatic N) is 1. The summed E-state index contributed by atoms with van der Waals surface area (Å²) in [7, 11) is 4.71. The van der Waals surface area contributed by atoms with Crippen LogP contribution in [0.25, 0.3) is 0 Å². The second-order valence-corrected chi connectivity index (χ2v) is 8.37. The Morgan fingerprint density at radius 1 is 1.00 bits per heavy atom. The summed E-state index contributed by atoms with van der Waals surface area (Å²) in [5.41, 5.74) is 3.42. The smallest absolute Gasteiger partial charge is 0.319 e. The number of aliphatic imine (C=N–C) groups is 1. The molecule has 3 aromatic carbocycles. The van der Waals surface area contributed by atoms with Crippen LogP contribution < -0.4 is 19.5 Å². The van der Waals surface area contributed by atoms with Gasteiger partial charge < -0.3 is 18.9 Å². The summed E-state index contributed by atoms with van der Waals surface area (Å²) >= 11 is 3.57. The Morgan fingerprint density at radius 2 is 1.69 bits per heavy atom. The van der Waals surface area contributed by atoms with E-state index in [0.29, 0.717) is 23.9 Å². The van der Waals surface area contributed by atoms with Crippen molar-refractivity contribution in [3.63, 3.8) is 0 Å². The highest BCUT2D eigenvalue weighted by Crippen LogP contribution is 2.38. The van der Waals surface area contributed by atoms with E-state index in [-0.39, 0.29) is 18.6 Å². The molecule has 3 rings (SSSR count). The number of benzene rings is 3. The number of hydrogen-bond donors (Lipinski definition) is 1. The fraction of sp³-hybridized carbons (Fsp3) is 0.259. The van der Waals surface area contributed by atoms with Gasteiger partial charge in [0.05, 0.1) is 46.2 Å². The first-order valence-electron chi connectivity index (χ1n) is 11.1. The Hall–Kier alpha value is -3.36. The van der Waals surface area contributed by atoms with E-state index in [0.717, 1.165) is 26.9 Å². The number of carbonyl (C=O) groups excluding carboxylic acids is 1. The molecule has 0 fully saturated rings. The van der Waals surface area contributed by atoms with Crippen LogP contribution in [0.15, 0.2) is 70.1 Å². The standard InChI is InChI=1S/C27H29BrN2O5/c1-5-35-25(31)17-30-26(19-9-7-6-8-10-19)21-15-20(28)11-12-22(21)29-16-18-13-23(32-2)27(34-4)24(14-18)33-3/h6-16,26,30H,5,17H2,1-4H3/t26-/m0/s1. The van der Waals surface area contributed by atoms with E-state index in [1.165, 1.54) is 0 Å². The van der Waals surface area contributed by atoms with Crippen molar-refractivity contribution >= 4 is 33.8 Å². The fourth-order valence-electron chi connectivity index (χ4n) is 3.64. The Morgan fingerprint density at radius 3 is 2.29 bits per heavy atom. The molecule has 0 aliphatic carbocycles. The van der Waals surface area contributed by atoms with Crippen molar-refractivity contribution in [2.45, 2.75) is 13.0 Å². The quantitative estimate of drug-likeness (QED) is 0.256. The molecule has 0 saturated carbocycles. The molecule has 7 nitrogen and oxygen atoms in total. The van der Waals surface area contributed by atoms with Crippen molar-refractivity contribution in [2.75, 3.05) is 34.5 Å². The van der Waals surface area contributed by atoms with Crippen LogP contribution in [0.3, 0.4) is 0 Å². The molecule has 0 aliphatic heterocycles. The molecule has 0 saturated heterocycles. The lowest BCUT2D eigenvalue weighted by Crippen LogP contribution is -2.29. The molecule has 0 heterocycles. The predicted molar refractivity (Wildman–Crippen MR) is 140 cm³/mol. The molecule has 35 heavy (non-hydrogen) atoms. The minimum Gasteiger partial charge on any atom is -0.493 e. The second kappa shape index (κ2) is 12.9. The number of nitrogens with one attached hydrogen (secondary N) is 1. The lowest BCUT2D eigenvalue weighted by molar-refractivity contribution is -0.142. The van der Waals surface area contributed by atoms with E-state index < -0.39 is 0 Å². The van der Waals surface area contributed by atoms with Crippen LogP contribution in [0.4, 0.5) is 5.69 Å². The van der Waals surface area contributed by atoms with Crippen LogP contribution in [0.2, 0.25) is 0 Å². The molecule has 0 radical (unpaired) electrons. The number of carbonyl (C=O) groups is 1. The summed E-state index contributed by atoms with van der Waals surface area (Å²) in [6.45, 7) is 2.19. The number of rotatable bonds is 11. The van der Waals surface area contributed by atoms with Crippen molar-refractivity contribution in [1.82, 2.24) is 5.32 Å². The molecular weight excluding hydrogens is 512 g/mol. The average molecular weight is 541 g/mol. The Kier molecular flexibility index (Phi) is 9.69. The lowest BCUT2D eigenvalue weighted by atomic mass is 9.97. The van der Waals surface area contributed by atoms with E-state index in [4.69, 9.17) is 23.9 Å². The molecule has 0 amide bonds. The van der Waals surface area contributed by atoms with Gasteiger partial charge >= 0.3 is 5.97 Å². The van der Waals surface area contributed by atoms with Gasteiger partial charge in [-0.1, -0.05) is 46.3 Å². The molecule has 3 aromatic rings. The molecule has 1 atom stereocenters. The van der Waals surface area contributed by atoms with Crippen molar-refractivity contribution in [3.05, 3.63) is 81.8 Å². The van der Waals surface area contributed by atoms with Crippen LogP contribution in [-0.4, -0.2) is 46.7 Å². The molecule has 0 aliphatic rings. The van der Waals surface area contributed by atoms with E-state index in [2.05, 4.69) is 21.2 Å². The topological polar surface area (TPSA) is 78.4 Å². The number of ether oxygens (including phenoxy) is 4. The average Bonchev–Trinajstić information content (AvgIpc) is 2.88.